The fourth-order valence-corrected chi connectivity index (χ4v) is 1.98. The Bertz CT molecular complexity index is 472. The van der Waals surface area contributed by atoms with Crippen LogP contribution in [0.2, 0.25) is 0 Å². The number of aromatic hydroxyl groups is 1. The van der Waals surface area contributed by atoms with Crippen molar-refractivity contribution in [1.29, 1.82) is 0 Å². The van der Waals surface area contributed by atoms with E-state index >= 15 is 0 Å². The van der Waals surface area contributed by atoms with Crippen molar-refractivity contribution in [2.75, 3.05) is 6.54 Å². The summed E-state index contributed by atoms with van der Waals surface area (Å²) < 4.78 is 5.22. The maximum absolute atomic E-state index is 11.4. The molecule has 0 aliphatic rings. The highest BCUT2D eigenvalue weighted by molar-refractivity contribution is 5.74. The first kappa shape index (κ1) is 16.5. The molecule has 0 amide bonds. The van der Waals surface area contributed by atoms with E-state index in [-0.39, 0.29) is 23.1 Å². The summed E-state index contributed by atoms with van der Waals surface area (Å²) in [6.45, 7) is 11.8. The number of ether oxygens (including phenoxy) is 1. The van der Waals surface area contributed by atoms with E-state index in [9.17, 15) is 9.90 Å². The van der Waals surface area contributed by atoms with Crippen LogP contribution in [0.1, 0.15) is 52.7 Å². The average Bonchev–Trinajstić information content (AvgIpc) is 2.28. The summed E-state index contributed by atoms with van der Waals surface area (Å²) >= 11 is 0. The highest BCUT2D eigenvalue weighted by Crippen LogP contribution is 2.41. The minimum atomic E-state index is -0.490. The molecule has 0 spiro atoms. The van der Waals surface area contributed by atoms with Crippen LogP contribution in [0.25, 0.3) is 0 Å². The van der Waals surface area contributed by atoms with Crippen molar-refractivity contribution >= 4 is 5.97 Å². The SMILES string of the molecule is CC(C)(C)c1cc(OC(=O)CN)cc(C(C)(C)C)c1O. The molecule has 112 valence electrons. The Hall–Kier alpha value is -1.55. The summed E-state index contributed by atoms with van der Waals surface area (Å²) in [6.07, 6.45) is 0. The van der Waals surface area contributed by atoms with Crippen LogP contribution in [0.5, 0.6) is 11.5 Å². The van der Waals surface area contributed by atoms with E-state index in [4.69, 9.17) is 10.5 Å². The molecule has 0 saturated heterocycles. The van der Waals surface area contributed by atoms with Crippen LogP contribution < -0.4 is 10.5 Å². The third kappa shape index (κ3) is 3.73. The summed E-state index contributed by atoms with van der Waals surface area (Å²) in [6, 6.07) is 3.41. The third-order valence-corrected chi connectivity index (χ3v) is 3.10. The van der Waals surface area contributed by atoms with Crippen molar-refractivity contribution in [3.8, 4) is 11.5 Å². The number of benzene rings is 1. The molecule has 4 nitrogen and oxygen atoms in total. The maximum Gasteiger partial charge on any atom is 0.325 e. The predicted octanol–water partition coefficient (Wildman–Crippen LogP) is 2.85. The molecule has 0 atom stereocenters. The van der Waals surface area contributed by atoms with E-state index in [0.29, 0.717) is 5.75 Å². The summed E-state index contributed by atoms with van der Waals surface area (Å²) in [4.78, 5) is 11.4. The fraction of sp³-hybridized carbons (Fsp3) is 0.562. The van der Waals surface area contributed by atoms with Gasteiger partial charge < -0.3 is 15.6 Å². The Morgan fingerprint density at radius 3 is 1.80 bits per heavy atom. The first-order valence-corrected chi connectivity index (χ1v) is 6.75. The van der Waals surface area contributed by atoms with Gasteiger partial charge in [-0.2, -0.15) is 0 Å². The third-order valence-electron chi connectivity index (χ3n) is 3.10. The highest BCUT2D eigenvalue weighted by Gasteiger charge is 2.27. The van der Waals surface area contributed by atoms with E-state index < -0.39 is 5.97 Å². The van der Waals surface area contributed by atoms with Crippen LogP contribution in [-0.2, 0) is 15.6 Å². The lowest BCUT2D eigenvalue weighted by Crippen LogP contribution is -2.21. The second-order valence-electron chi connectivity index (χ2n) is 7.05. The van der Waals surface area contributed by atoms with Crippen molar-refractivity contribution in [3.63, 3.8) is 0 Å². The zero-order valence-corrected chi connectivity index (χ0v) is 13.2. The van der Waals surface area contributed by atoms with Gasteiger partial charge in [0.2, 0.25) is 0 Å². The molecular formula is C16H25NO3. The van der Waals surface area contributed by atoms with E-state index in [1.165, 1.54) is 0 Å². The molecule has 0 heterocycles. The summed E-state index contributed by atoms with van der Waals surface area (Å²) in [7, 11) is 0. The number of rotatable bonds is 2. The molecule has 3 N–H and O–H groups in total. The number of phenolic OH excluding ortho intramolecular Hbond substituents is 1. The summed E-state index contributed by atoms with van der Waals surface area (Å²) in [5.41, 5.74) is 6.27. The van der Waals surface area contributed by atoms with Gasteiger partial charge in [0, 0.05) is 11.1 Å². The van der Waals surface area contributed by atoms with Crippen molar-refractivity contribution in [2.24, 2.45) is 5.73 Å². The van der Waals surface area contributed by atoms with Crippen LogP contribution in [0, 0.1) is 0 Å². The molecule has 0 saturated carbocycles. The van der Waals surface area contributed by atoms with Gasteiger partial charge in [-0.05, 0) is 23.0 Å². The zero-order chi connectivity index (χ0) is 15.7. The number of hydrogen-bond acceptors (Lipinski definition) is 4. The minimum absolute atomic E-state index is 0.170. The Morgan fingerprint density at radius 2 is 1.50 bits per heavy atom. The number of esters is 1. The Balaban J connectivity index is 3.46. The predicted molar refractivity (Wildman–Crippen MR) is 80.2 cm³/mol. The fourth-order valence-electron chi connectivity index (χ4n) is 1.98. The van der Waals surface area contributed by atoms with Gasteiger partial charge in [-0.1, -0.05) is 41.5 Å². The van der Waals surface area contributed by atoms with Gasteiger partial charge in [-0.25, -0.2) is 0 Å². The lowest BCUT2D eigenvalue weighted by atomic mass is 9.79. The van der Waals surface area contributed by atoms with Crippen molar-refractivity contribution in [2.45, 2.75) is 52.4 Å². The van der Waals surface area contributed by atoms with Crippen molar-refractivity contribution < 1.29 is 14.6 Å². The Labute approximate surface area is 120 Å². The molecule has 1 rings (SSSR count). The molecule has 20 heavy (non-hydrogen) atoms. The minimum Gasteiger partial charge on any atom is -0.507 e. The molecule has 0 bridgehead atoms. The van der Waals surface area contributed by atoms with E-state index in [1.54, 1.807) is 12.1 Å². The molecule has 0 fully saturated rings. The second kappa shape index (κ2) is 5.44. The summed E-state index contributed by atoms with van der Waals surface area (Å²) in [5.74, 6) is 0.195. The maximum atomic E-state index is 11.4. The van der Waals surface area contributed by atoms with Gasteiger partial charge in [-0.3, -0.25) is 4.79 Å². The molecule has 0 aliphatic carbocycles. The number of carbonyl (C=O) groups excluding carboxylic acids is 1. The topological polar surface area (TPSA) is 72.5 Å². The largest absolute Gasteiger partial charge is 0.507 e. The first-order valence-electron chi connectivity index (χ1n) is 6.75. The Kier molecular flexibility index (Phi) is 4.49. The molecule has 0 radical (unpaired) electrons. The van der Waals surface area contributed by atoms with Gasteiger partial charge in [0.25, 0.3) is 0 Å². The first-order chi connectivity index (χ1) is 8.96. The quantitative estimate of drug-likeness (QED) is 0.645. The zero-order valence-electron chi connectivity index (χ0n) is 13.2. The number of carbonyl (C=O) groups is 1. The van der Waals surface area contributed by atoms with Crippen molar-refractivity contribution in [3.05, 3.63) is 23.3 Å². The van der Waals surface area contributed by atoms with Gasteiger partial charge in [0.1, 0.15) is 11.5 Å². The molecule has 4 heteroatoms. The van der Waals surface area contributed by atoms with Crippen molar-refractivity contribution in [1.82, 2.24) is 0 Å². The number of phenols is 1. The van der Waals surface area contributed by atoms with Crippen LogP contribution in [-0.4, -0.2) is 17.6 Å². The molecule has 1 aromatic carbocycles. The Morgan fingerprint density at radius 1 is 1.10 bits per heavy atom. The van der Waals surface area contributed by atoms with Gasteiger partial charge in [0.05, 0.1) is 6.54 Å². The molecular weight excluding hydrogens is 254 g/mol. The lowest BCUT2D eigenvalue weighted by molar-refractivity contribution is -0.132. The van der Waals surface area contributed by atoms with Crippen LogP contribution in [0.3, 0.4) is 0 Å². The van der Waals surface area contributed by atoms with Gasteiger partial charge in [0.15, 0.2) is 0 Å². The normalized spacial score (nSPS) is 12.3. The standard InChI is InChI=1S/C16H25NO3/c1-15(2,3)11-7-10(20-13(18)9-17)8-12(14(11)19)16(4,5)6/h7-8,19H,9,17H2,1-6H3. The van der Waals surface area contributed by atoms with Crippen LogP contribution >= 0.6 is 0 Å². The van der Waals surface area contributed by atoms with Gasteiger partial charge in [-0.15, -0.1) is 0 Å². The monoisotopic (exact) mass is 279 g/mol. The van der Waals surface area contributed by atoms with Gasteiger partial charge >= 0.3 is 5.97 Å². The molecule has 0 unspecified atom stereocenters. The second-order valence-corrected chi connectivity index (χ2v) is 7.05. The number of hydrogen-bond donors (Lipinski definition) is 2. The smallest absolute Gasteiger partial charge is 0.325 e. The molecule has 0 aliphatic heterocycles. The lowest BCUT2D eigenvalue weighted by Gasteiger charge is -2.27. The highest BCUT2D eigenvalue weighted by atomic mass is 16.5. The van der Waals surface area contributed by atoms with E-state index in [2.05, 4.69) is 0 Å². The average molecular weight is 279 g/mol. The molecule has 0 aromatic heterocycles. The molecule has 1 aromatic rings. The van der Waals surface area contributed by atoms with E-state index in [1.807, 2.05) is 41.5 Å². The van der Waals surface area contributed by atoms with E-state index in [0.717, 1.165) is 11.1 Å². The van der Waals surface area contributed by atoms with Crippen LogP contribution in [0.4, 0.5) is 0 Å². The summed E-state index contributed by atoms with van der Waals surface area (Å²) in [5, 5.41) is 10.5. The van der Waals surface area contributed by atoms with Crippen LogP contribution in [0.15, 0.2) is 12.1 Å². The number of nitrogens with two attached hydrogens (primary N) is 1.